The third-order valence-electron chi connectivity index (χ3n) is 4.26. The number of nitrogens with two attached hydrogens (primary N) is 1. The van der Waals surface area contributed by atoms with Crippen LogP contribution in [0.3, 0.4) is 0 Å². The van der Waals surface area contributed by atoms with Gasteiger partial charge in [-0.15, -0.1) is 0 Å². The van der Waals surface area contributed by atoms with Crippen molar-refractivity contribution in [1.29, 1.82) is 0 Å². The molecule has 0 aliphatic heterocycles. The van der Waals surface area contributed by atoms with Crippen molar-refractivity contribution in [3.63, 3.8) is 0 Å². The number of benzene rings is 2. The fourth-order valence-electron chi connectivity index (χ4n) is 2.91. The van der Waals surface area contributed by atoms with Crippen molar-refractivity contribution in [2.45, 2.75) is 25.8 Å². The predicted molar refractivity (Wildman–Crippen MR) is 98.2 cm³/mol. The van der Waals surface area contributed by atoms with Gasteiger partial charge in [-0.1, -0.05) is 18.2 Å². The second-order valence-electron chi connectivity index (χ2n) is 6.22. The van der Waals surface area contributed by atoms with Crippen LogP contribution in [0.1, 0.15) is 23.1 Å². The van der Waals surface area contributed by atoms with Crippen LogP contribution in [0.5, 0.6) is 0 Å². The first-order valence-electron chi connectivity index (χ1n) is 8.07. The van der Waals surface area contributed by atoms with E-state index in [1.807, 2.05) is 14.1 Å². The van der Waals surface area contributed by atoms with E-state index in [4.69, 9.17) is 5.73 Å². The van der Waals surface area contributed by atoms with Crippen LogP contribution in [0, 0.1) is 0 Å². The maximum absolute atomic E-state index is 6.01. The highest BCUT2D eigenvalue weighted by Crippen LogP contribution is 2.24. The molecule has 0 amide bonds. The Bertz CT molecular complexity index is 702. The summed E-state index contributed by atoms with van der Waals surface area (Å²) in [5.41, 5.74) is 12.3. The minimum Gasteiger partial charge on any atom is -0.378 e. The predicted octanol–water partition coefficient (Wildman–Crippen LogP) is 3.17. The molecule has 4 heteroatoms. The van der Waals surface area contributed by atoms with Gasteiger partial charge in [0.05, 0.1) is 6.54 Å². The maximum Gasteiger partial charge on any atom is 0.193 e. The van der Waals surface area contributed by atoms with E-state index >= 15 is 0 Å². The lowest BCUT2D eigenvalue weighted by Crippen LogP contribution is -2.22. The number of nitrogens with zero attached hydrogens (tertiary/aromatic N) is 2. The third-order valence-corrected chi connectivity index (χ3v) is 4.26. The number of fused-ring (bicyclic) bond motifs is 1. The smallest absolute Gasteiger partial charge is 0.193 e. The summed E-state index contributed by atoms with van der Waals surface area (Å²) in [7, 11) is 4.07. The van der Waals surface area contributed by atoms with Crippen molar-refractivity contribution in [3.05, 3.63) is 59.2 Å². The van der Waals surface area contributed by atoms with Gasteiger partial charge >= 0.3 is 0 Å². The number of guanidine groups is 1. The standard InChI is InChI=1S/C19H24N4/c1-23(2)18-10-6-14(7-11-18)13-21-19(20)22-17-9-8-15-4-3-5-16(15)12-17/h6-12H,3-5,13H2,1-2H3,(H3,20,21,22). The highest BCUT2D eigenvalue weighted by molar-refractivity contribution is 5.92. The molecule has 0 saturated heterocycles. The molecule has 0 saturated carbocycles. The molecule has 120 valence electrons. The highest BCUT2D eigenvalue weighted by atomic mass is 15.1. The van der Waals surface area contributed by atoms with Crippen molar-refractivity contribution >= 4 is 17.3 Å². The van der Waals surface area contributed by atoms with Crippen LogP contribution < -0.4 is 16.0 Å². The number of hydrogen-bond donors (Lipinski definition) is 2. The molecule has 2 aromatic rings. The Labute approximate surface area is 138 Å². The van der Waals surface area contributed by atoms with E-state index in [1.54, 1.807) is 0 Å². The van der Waals surface area contributed by atoms with Gasteiger partial charge in [-0.2, -0.15) is 0 Å². The minimum atomic E-state index is 0.458. The van der Waals surface area contributed by atoms with E-state index in [2.05, 4.69) is 57.7 Å². The van der Waals surface area contributed by atoms with Gasteiger partial charge < -0.3 is 16.0 Å². The molecule has 0 spiro atoms. The van der Waals surface area contributed by atoms with Crippen LogP contribution in [-0.2, 0) is 19.4 Å². The molecule has 2 aromatic carbocycles. The number of nitrogens with one attached hydrogen (secondary N) is 1. The molecule has 23 heavy (non-hydrogen) atoms. The first kappa shape index (κ1) is 15.4. The number of anilines is 2. The lowest BCUT2D eigenvalue weighted by atomic mass is 10.1. The molecule has 4 nitrogen and oxygen atoms in total. The third kappa shape index (κ3) is 3.83. The summed E-state index contributed by atoms with van der Waals surface area (Å²) < 4.78 is 0. The zero-order chi connectivity index (χ0) is 16.2. The normalized spacial score (nSPS) is 13.7. The molecule has 0 radical (unpaired) electrons. The van der Waals surface area contributed by atoms with Gasteiger partial charge in [-0.05, 0) is 60.2 Å². The topological polar surface area (TPSA) is 53.6 Å². The van der Waals surface area contributed by atoms with Crippen molar-refractivity contribution in [1.82, 2.24) is 0 Å². The average Bonchev–Trinajstić information content (AvgIpc) is 3.01. The van der Waals surface area contributed by atoms with Gasteiger partial charge in [-0.3, -0.25) is 0 Å². The maximum atomic E-state index is 6.01. The van der Waals surface area contributed by atoms with Crippen LogP contribution in [0.25, 0.3) is 0 Å². The Morgan fingerprint density at radius 2 is 1.83 bits per heavy atom. The van der Waals surface area contributed by atoms with Gasteiger partial charge in [0.25, 0.3) is 0 Å². The molecule has 3 N–H and O–H groups in total. The first-order chi connectivity index (χ1) is 11.1. The fourth-order valence-corrected chi connectivity index (χ4v) is 2.91. The lowest BCUT2D eigenvalue weighted by Gasteiger charge is -2.12. The van der Waals surface area contributed by atoms with Gasteiger partial charge in [0.2, 0.25) is 0 Å². The molecule has 0 unspecified atom stereocenters. The molecule has 0 heterocycles. The van der Waals surface area contributed by atoms with Gasteiger partial charge in [0.15, 0.2) is 5.96 Å². The van der Waals surface area contributed by atoms with E-state index < -0.39 is 0 Å². The summed E-state index contributed by atoms with van der Waals surface area (Å²) in [6, 6.07) is 14.8. The van der Waals surface area contributed by atoms with Crippen molar-refractivity contribution in [2.75, 3.05) is 24.3 Å². The van der Waals surface area contributed by atoms with Gasteiger partial charge in [0, 0.05) is 25.5 Å². The van der Waals surface area contributed by atoms with E-state index in [9.17, 15) is 0 Å². The Balaban J connectivity index is 1.61. The van der Waals surface area contributed by atoms with Crippen LogP contribution in [-0.4, -0.2) is 20.1 Å². The fraction of sp³-hybridized carbons (Fsp3) is 0.316. The summed E-state index contributed by atoms with van der Waals surface area (Å²) in [6.07, 6.45) is 3.62. The molecule has 0 aromatic heterocycles. The molecule has 3 rings (SSSR count). The molecule has 0 fully saturated rings. The van der Waals surface area contributed by atoms with E-state index in [0.717, 1.165) is 11.3 Å². The molecule has 0 atom stereocenters. The number of aliphatic imine (C=N–C) groups is 1. The van der Waals surface area contributed by atoms with Crippen molar-refractivity contribution in [3.8, 4) is 0 Å². The SMILES string of the molecule is CN(C)c1ccc(CN=C(N)Nc2ccc3c(c2)CCC3)cc1. The number of aryl methyl sites for hydroxylation is 2. The second-order valence-corrected chi connectivity index (χ2v) is 6.22. The van der Waals surface area contributed by atoms with Crippen LogP contribution in [0.15, 0.2) is 47.5 Å². The zero-order valence-corrected chi connectivity index (χ0v) is 13.8. The Kier molecular flexibility index (Phi) is 4.51. The molecular formula is C19H24N4. The van der Waals surface area contributed by atoms with Gasteiger partial charge in [0.1, 0.15) is 0 Å². The van der Waals surface area contributed by atoms with E-state index in [-0.39, 0.29) is 0 Å². The molecule has 1 aliphatic rings. The largest absolute Gasteiger partial charge is 0.378 e. The number of rotatable bonds is 4. The quantitative estimate of drug-likeness (QED) is 0.674. The molecule has 1 aliphatic carbocycles. The monoisotopic (exact) mass is 308 g/mol. The summed E-state index contributed by atoms with van der Waals surface area (Å²) in [5, 5.41) is 3.19. The lowest BCUT2D eigenvalue weighted by molar-refractivity contribution is 0.912. The zero-order valence-electron chi connectivity index (χ0n) is 13.8. The van der Waals surface area contributed by atoms with E-state index in [1.165, 1.54) is 36.1 Å². The summed E-state index contributed by atoms with van der Waals surface area (Å²) >= 11 is 0. The first-order valence-corrected chi connectivity index (χ1v) is 8.07. The highest BCUT2D eigenvalue weighted by Gasteiger charge is 2.10. The summed E-state index contributed by atoms with van der Waals surface area (Å²) in [4.78, 5) is 6.51. The summed E-state index contributed by atoms with van der Waals surface area (Å²) in [6.45, 7) is 0.581. The van der Waals surface area contributed by atoms with Crippen LogP contribution in [0.4, 0.5) is 11.4 Å². The Hall–Kier alpha value is -2.49. The molecule has 0 bridgehead atoms. The van der Waals surface area contributed by atoms with Crippen molar-refractivity contribution in [2.24, 2.45) is 10.7 Å². The average molecular weight is 308 g/mol. The van der Waals surface area contributed by atoms with Gasteiger partial charge in [-0.25, -0.2) is 4.99 Å². The number of hydrogen-bond acceptors (Lipinski definition) is 2. The minimum absolute atomic E-state index is 0.458. The van der Waals surface area contributed by atoms with Crippen LogP contribution >= 0.6 is 0 Å². The van der Waals surface area contributed by atoms with Crippen molar-refractivity contribution < 1.29 is 0 Å². The van der Waals surface area contributed by atoms with E-state index in [0.29, 0.717) is 12.5 Å². The van der Waals surface area contributed by atoms with Crippen LogP contribution in [0.2, 0.25) is 0 Å². The Morgan fingerprint density at radius 3 is 2.57 bits per heavy atom. The Morgan fingerprint density at radius 1 is 1.09 bits per heavy atom. The summed E-state index contributed by atoms with van der Waals surface area (Å²) in [5.74, 6) is 0.458. The second kappa shape index (κ2) is 6.73. The molecular weight excluding hydrogens is 284 g/mol.